The minimum absolute atomic E-state index is 0.548. The van der Waals surface area contributed by atoms with Gasteiger partial charge >= 0.3 is 0 Å². The van der Waals surface area contributed by atoms with Crippen molar-refractivity contribution in [2.75, 3.05) is 5.32 Å². The highest BCUT2D eigenvalue weighted by atomic mass is 35.5. The number of anilines is 1. The van der Waals surface area contributed by atoms with Gasteiger partial charge in [0, 0.05) is 18.1 Å². The summed E-state index contributed by atoms with van der Waals surface area (Å²) in [6.45, 7) is 2.69. The predicted octanol–water partition coefficient (Wildman–Crippen LogP) is 4.20. The van der Waals surface area contributed by atoms with Gasteiger partial charge in [-0.2, -0.15) is 0 Å². The fraction of sp³-hybridized carbons (Fsp3) is 0.125. The van der Waals surface area contributed by atoms with Crippen molar-refractivity contribution in [3.63, 3.8) is 0 Å². The number of halogens is 1. The summed E-state index contributed by atoms with van der Waals surface area (Å²) in [5, 5.41) is 5.05. The van der Waals surface area contributed by atoms with Gasteiger partial charge in [0.2, 0.25) is 0 Å². The second-order valence-corrected chi connectivity index (χ2v) is 5.07. The van der Waals surface area contributed by atoms with E-state index < -0.39 is 0 Å². The van der Waals surface area contributed by atoms with Crippen LogP contribution in [-0.4, -0.2) is 9.97 Å². The van der Waals surface area contributed by atoms with Gasteiger partial charge in [-0.3, -0.25) is 4.98 Å². The van der Waals surface area contributed by atoms with E-state index in [-0.39, 0.29) is 0 Å². The van der Waals surface area contributed by atoms with E-state index in [4.69, 9.17) is 11.6 Å². The smallest absolute Gasteiger partial charge is 0.132 e. The van der Waals surface area contributed by atoms with E-state index in [9.17, 15) is 0 Å². The first-order chi connectivity index (χ1) is 9.72. The first-order valence-electron chi connectivity index (χ1n) is 6.42. The van der Waals surface area contributed by atoms with Gasteiger partial charge < -0.3 is 5.32 Å². The second kappa shape index (κ2) is 5.47. The molecule has 0 saturated heterocycles. The molecule has 0 radical (unpaired) electrons. The lowest BCUT2D eigenvalue weighted by Gasteiger charge is -2.08. The quantitative estimate of drug-likeness (QED) is 0.732. The van der Waals surface area contributed by atoms with E-state index in [0.29, 0.717) is 5.15 Å². The lowest BCUT2D eigenvalue weighted by molar-refractivity contribution is 1.13. The van der Waals surface area contributed by atoms with Gasteiger partial charge in [0.25, 0.3) is 0 Å². The lowest BCUT2D eigenvalue weighted by Crippen LogP contribution is -2.00. The van der Waals surface area contributed by atoms with E-state index >= 15 is 0 Å². The van der Waals surface area contributed by atoms with Gasteiger partial charge in [-0.05, 0) is 42.3 Å². The monoisotopic (exact) mass is 283 g/mol. The number of nitrogens with one attached hydrogen (secondary N) is 1. The molecular weight excluding hydrogens is 270 g/mol. The molecule has 2 heterocycles. The molecule has 0 fully saturated rings. The minimum atomic E-state index is 0.548. The second-order valence-electron chi connectivity index (χ2n) is 4.72. The molecule has 0 bridgehead atoms. The van der Waals surface area contributed by atoms with Crippen molar-refractivity contribution < 1.29 is 0 Å². The van der Waals surface area contributed by atoms with Gasteiger partial charge in [0.15, 0.2) is 0 Å². The van der Waals surface area contributed by atoms with E-state index in [1.807, 2.05) is 31.3 Å². The highest BCUT2D eigenvalue weighted by molar-refractivity contribution is 6.30. The highest BCUT2D eigenvalue weighted by Gasteiger charge is 2.00. The summed E-state index contributed by atoms with van der Waals surface area (Å²) >= 11 is 5.92. The zero-order valence-electron chi connectivity index (χ0n) is 11.1. The molecule has 100 valence electrons. The summed E-state index contributed by atoms with van der Waals surface area (Å²) in [4.78, 5) is 8.45. The molecule has 1 aromatic carbocycles. The van der Waals surface area contributed by atoms with Crippen LogP contribution in [0.2, 0.25) is 5.15 Å². The Morgan fingerprint density at radius 1 is 1.15 bits per heavy atom. The summed E-state index contributed by atoms with van der Waals surface area (Å²) in [6, 6.07) is 12.3. The maximum absolute atomic E-state index is 5.92. The van der Waals surface area contributed by atoms with Gasteiger partial charge in [-0.25, -0.2) is 4.98 Å². The number of benzene rings is 1. The van der Waals surface area contributed by atoms with Gasteiger partial charge in [0.05, 0.1) is 17.4 Å². The Bertz CT molecular complexity index is 756. The molecule has 0 unspecified atom stereocenters. The molecule has 0 aliphatic heterocycles. The van der Waals surface area contributed by atoms with Crippen molar-refractivity contribution in [3.05, 3.63) is 65.1 Å². The third kappa shape index (κ3) is 2.73. The fourth-order valence-corrected chi connectivity index (χ4v) is 2.20. The largest absolute Gasteiger partial charge is 0.380 e. The fourth-order valence-electron chi connectivity index (χ4n) is 2.09. The van der Waals surface area contributed by atoms with E-state index in [2.05, 4.69) is 33.5 Å². The number of rotatable bonds is 3. The standard InChI is InChI=1S/C16H14ClN3/c1-11-7-14(10-20-16(11)17)19-9-12-4-5-15-13(8-12)3-2-6-18-15/h2-8,10,19H,9H2,1H3. The Morgan fingerprint density at radius 2 is 2.05 bits per heavy atom. The molecule has 3 aromatic rings. The third-order valence-corrected chi connectivity index (χ3v) is 3.57. The molecule has 3 rings (SSSR count). The summed E-state index contributed by atoms with van der Waals surface area (Å²) in [5.41, 5.74) is 4.16. The Labute approximate surface area is 122 Å². The van der Waals surface area contributed by atoms with Gasteiger partial charge in [-0.15, -0.1) is 0 Å². The Kier molecular flexibility index (Phi) is 3.52. The molecule has 0 atom stereocenters. The number of aromatic nitrogens is 2. The van der Waals surface area contributed by atoms with Crippen molar-refractivity contribution in [1.82, 2.24) is 9.97 Å². The molecular formula is C16H14ClN3. The lowest BCUT2D eigenvalue weighted by atomic mass is 10.1. The van der Waals surface area contributed by atoms with Gasteiger partial charge in [-0.1, -0.05) is 23.7 Å². The van der Waals surface area contributed by atoms with Crippen molar-refractivity contribution in [3.8, 4) is 0 Å². The van der Waals surface area contributed by atoms with E-state index in [0.717, 1.165) is 28.7 Å². The summed E-state index contributed by atoms with van der Waals surface area (Å²) in [5.74, 6) is 0. The highest BCUT2D eigenvalue weighted by Crippen LogP contribution is 2.18. The number of nitrogens with zero attached hydrogens (tertiary/aromatic N) is 2. The first kappa shape index (κ1) is 12.9. The molecule has 0 aliphatic carbocycles. The molecule has 0 aliphatic rings. The predicted molar refractivity (Wildman–Crippen MR) is 83.1 cm³/mol. The van der Waals surface area contributed by atoms with Crippen LogP contribution in [0.1, 0.15) is 11.1 Å². The average molecular weight is 284 g/mol. The summed E-state index contributed by atoms with van der Waals surface area (Å²) in [6.07, 6.45) is 3.56. The number of aryl methyl sites for hydroxylation is 1. The van der Waals surface area contributed by atoms with Crippen LogP contribution in [0.5, 0.6) is 0 Å². The van der Waals surface area contributed by atoms with Crippen molar-refractivity contribution in [2.45, 2.75) is 13.5 Å². The van der Waals surface area contributed by atoms with Crippen molar-refractivity contribution in [1.29, 1.82) is 0 Å². The van der Waals surface area contributed by atoms with Crippen LogP contribution in [0.25, 0.3) is 10.9 Å². The summed E-state index contributed by atoms with van der Waals surface area (Å²) < 4.78 is 0. The number of hydrogen-bond donors (Lipinski definition) is 1. The van der Waals surface area contributed by atoms with Crippen LogP contribution >= 0.6 is 11.6 Å². The number of pyridine rings is 2. The van der Waals surface area contributed by atoms with Crippen LogP contribution in [-0.2, 0) is 6.54 Å². The van der Waals surface area contributed by atoms with Crippen LogP contribution < -0.4 is 5.32 Å². The normalized spacial score (nSPS) is 10.7. The third-order valence-electron chi connectivity index (χ3n) is 3.18. The van der Waals surface area contributed by atoms with Crippen LogP contribution in [0.4, 0.5) is 5.69 Å². The molecule has 1 N–H and O–H groups in total. The Hall–Kier alpha value is -2.13. The maximum Gasteiger partial charge on any atom is 0.132 e. The topological polar surface area (TPSA) is 37.8 Å². The van der Waals surface area contributed by atoms with Crippen LogP contribution in [0.3, 0.4) is 0 Å². The Morgan fingerprint density at radius 3 is 2.90 bits per heavy atom. The molecule has 4 heteroatoms. The number of hydrogen-bond acceptors (Lipinski definition) is 3. The molecule has 0 spiro atoms. The zero-order chi connectivity index (χ0) is 13.9. The van der Waals surface area contributed by atoms with E-state index in [1.54, 1.807) is 6.20 Å². The molecule has 3 nitrogen and oxygen atoms in total. The SMILES string of the molecule is Cc1cc(NCc2ccc3ncccc3c2)cnc1Cl. The minimum Gasteiger partial charge on any atom is -0.380 e. The average Bonchev–Trinajstić information content (AvgIpc) is 2.48. The molecule has 0 saturated carbocycles. The Balaban J connectivity index is 1.77. The number of fused-ring (bicyclic) bond motifs is 1. The van der Waals surface area contributed by atoms with Crippen LogP contribution in [0, 0.1) is 6.92 Å². The molecule has 0 amide bonds. The first-order valence-corrected chi connectivity index (χ1v) is 6.80. The van der Waals surface area contributed by atoms with Gasteiger partial charge in [0.1, 0.15) is 5.15 Å². The van der Waals surface area contributed by atoms with Crippen molar-refractivity contribution >= 4 is 28.2 Å². The zero-order valence-corrected chi connectivity index (χ0v) is 11.9. The van der Waals surface area contributed by atoms with Crippen molar-refractivity contribution in [2.24, 2.45) is 0 Å². The maximum atomic E-state index is 5.92. The summed E-state index contributed by atoms with van der Waals surface area (Å²) in [7, 11) is 0. The molecule has 20 heavy (non-hydrogen) atoms. The molecule has 2 aromatic heterocycles. The van der Waals surface area contributed by atoms with E-state index in [1.165, 1.54) is 5.56 Å². The van der Waals surface area contributed by atoms with Crippen LogP contribution in [0.15, 0.2) is 48.8 Å².